The van der Waals surface area contributed by atoms with E-state index in [0.29, 0.717) is 5.76 Å². The monoisotopic (exact) mass is 417 g/mol. The molecular weight excluding hydrogens is 394 g/mol. The Kier molecular flexibility index (Phi) is 4.90. The molecule has 0 spiro atoms. The van der Waals surface area contributed by atoms with Crippen LogP contribution in [-0.2, 0) is 12.8 Å². The van der Waals surface area contributed by atoms with Gasteiger partial charge >= 0.3 is 5.97 Å². The first-order chi connectivity index (χ1) is 15.1. The van der Waals surface area contributed by atoms with Gasteiger partial charge in [0.15, 0.2) is 5.76 Å². The highest BCUT2D eigenvalue weighted by Gasteiger charge is 2.25. The number of fused-ring (bicyclic) bond motifs is 3. The molecule has 6 heteroatoms. The van der Waals surface area contributed by atoms with E-state index in [1.54, 1.807) is 7.11 Å². The van der Waals surface area contributed by atoms with E-state index in [9.17, 15) is 4.79 Å². The van der Waals surface area contributed by atoms with Gasteiger partial charge in [0, 0.05) is 17.3 Å². The maximum absolute atomic E-state index is 11.1. The van der Waals surface area contributed by atoms with Crippen molar-refractivity contribution < 1.29 is 23.8 Å². The van der Waals surface area contributed by atoms with Gasteiger partial charge in [-0.25, -0.2) is 4.79 Å². The number of carbonyl (C=O) groups is 1. The van der Waals surface area contributed by atoms with Gasteiger partial charge in [-0.05, 0) is 66.6 Å². The summed E-state index contributed by atoms with van der Waals surface area (Å²) in [6, 6.07) is 11.1. The second-order valence-corrected chi connectivity index (χ2v) is 7.81. The van der Waals surface area contributed by atoms with Crippen LogP contribution in [0.2, 0.25) is 0 Å². The van der Waals surface area contributed by atoms with E-state index >= 15 is 0 Å². The van der Waals surface area contributed by atoms with Gasteiger partial charge in [0.05, 0.1) is 12.5 Å². The van der Waals surface area contributed by atoms with Crippen molar-refractivity contribution >= 4 is 17.8 Å². The second kappa shape index (κ2) is 7.87. The highest BCUT2D eigenvalue weighted by molar-refractivity contribution is 5.84. The summed E-state index contributed by atoms with van der Waals surface area (Å²) in [4.78, 5) is 14.6. The van der Waals surface area contributed by atoms with Crippen LogP contribution in [0.5, 0.6) is 11.7 Å². The number of carboxylic acid groups (broad SMARTS) is 1. The summed E-state index contributed by atoms with van der Waals surface area (Å²) in [6.07, 6.45) is 10.4. The van der Waals surface area contributed by atoms with E-state index in [2.05, 4.69) is 29.3 Å². The molecule has 0 fully saturated rings. The van der Waals surface area contributed by atoms with Gasteiger partial charge in [-0.1, -0.05) is 24.3 Å². The number of carboxylic acids is 1. The lowest BCUT2D eigenvalue weighted by atomic mass is 9.85. The van der Waals surface area contributed by atoms with Crippen LogP contribution < -0.4 is 20.2 Å². The van der Waals surface area contributed by atoms with Gasteiger partial charge in [-0.15, -0.1) is 0 Å². The SMILES string of the molecule is COc1ccc(CC2C=CC(Oc3ccc(C(=O)O)o3)=c3[nH]c4c(c32)CCCC=4)cc1. The Morgan fingerprint density at radius 1 is 1.23 bits per heavy atom. The molecule has 0 saturated heterocycles. The summed E-state index contributed by atoms with van der Waals surface area (Å²) < 4.78 is 16.5. The number of nitrogens with one attached hydrogen (secondary N) is 1. The van der Waals surface area contributed by atoms with Crippen molar-refractivity contribution in [3.05, 3.63) is 81.7 Å². The smallest absolute Gasteiger partial charge is 0.371 e. The zero-order chi connectivity index (χ0) is 21.4. The number of ether oxygens (including phenoxy) is 2. The summed E-state index contributed by atoms with van der Waals surface area (Å²) in [5.41, 5.74) is 3.83. The lowest BCUT2D eigenvalue weighted by molar-refractivity contribution is 0.0657. The summed E-state index contributed by atoms with van der Waals surface area (Å²) in [7, 11) is 1.67. The minimum Gasteiger partial charge on any atom is -0.497 e. The van der Waals surface area contributed by atoms with Gasteiger partial charge in [0.2, 0.25) is 5.76 Å². The van der Waals surface area contributed by atoms with E-state index in [4.69, 9.17) is 19.0 Å². The molecular formula is C25H23NO5. The summed E-state index contributed by atoms with van der Waals surface area (Å²) >= 11 is 0. The first-order valence-corrected chi connectivity index (χ1v) is 10.4. The number of hydrogen-bond donors (Lipinski definition) is 2. The molecule has 2 aliphatic rings. The molecule has 6 nitrogen and oxygen atoms in total. The third-order valence-electron chi connectivity index (χ3n) is 5.87. The van der Waals surface area contributed by atoms with Crippen LogP contribution >= 0.6 is 0 Å². The fraction of sp³-hybridized carbons (Fsp3) is 0.240. The van der Waals surface area contributed by atoms with Gasteiger partial charge in [0.1, 0.15) is 5.75 Å². The van der Waals surface area contributed by atoms with E-state index in [-0.39, 0.29) is 17.6 Å². The average Bonchev–Trinajstić information content (AvgIpc) is 3.41. The molecule has 3 aromatic rings. The van der Waals surface area contributed by atoms with Crippen LogP contribution in [0.1, 0.15) is 46.0 Å². The van der Waals surface area contributed by atoms with Crippen LogP contribution in [0.25, 0.3) is 11.8 Å². The van der Waals surface area contributed by atoms with E-state index < -0.39 is 5.97 Å². The maximum Gasteiger partial charge on any atom is 0.371 e. The Balaban J connectivity index is 1.54. The van der Waals surface area contributed by atoms with Crippen molar-refractivity contribution in [1.29, 1.82) is 0 Å². The number of hydrogen-bond acceptors (Lipinski definition) is 4. The summed E-state index contributed by atoms with van der Waals surface area (Å²) in [5.74, 6) is 0.591. The minimum absolute atomic E-state index is 0.146. The first-order valence-electron chi connectivity index (χ1n) is 10.4. The molecule has 0 radical (unpaired) electrons. The van der Waals surface area contributed by atoms with Crippen molar-refractivity contribution in [3.63, 3.8) is 0 Å². The molecule has 158 valence electrons. The van der Waals surface area contributed by atoms with Crippen LogP contribution in [0.4, 0.5) is 0 Å². The van der Waals surface area contributed by atoms with Crippen LogP contribution in [-0.4, -0.2) is 23.2 Å². The number of H-pyrrole nitrogens is 1. The molecule has 31 heavy (non-hydrogen) atoms. The third-order valence-corrected chi connectivity index (χ3v) is 5.87. The van der Waals surface area contributed by atoms with Gasteiger partial charge < -0.3 is 24.0 Å². The zero-order valence-electron chi connectivity index (χ0n) is 17.2. The molecule has 0 amide bonds. The molecule has 0 saturated carbocycles. The number of allylic oxidation sites excluding steroid dienone is 1. The zero-order valence-corrected chi connectivity index (χ0v) is 17.2. The summed E-state index contributed by atoms with van der Waals surface area (Å²) in [6.45, 7) is 0. The highest BCUT2D eigenvalue weighted by Crippen LogP contribution is 2.29. The molecule has 2 N–H and O–H groups in total. The predicted molar refractivity (Wildman–Crippen MR) is 116 cm³/mol. The Labute approximate surface area is 179 Å². The fourth-order valence-corrected chi connectivity index (χ4v) is 4.40. The van der Waals surface area contributed by atoms with E-state index in [1.807, 2.05) is 18.2 Å². The average molecular weight is 417 g/mol. The highest BCUT2D eigenvalue weighted by atomic mass is 16.6. The van der Waals surface area contributed by atoms with Crippen molar-refractivity contribution in [2.75, 3.05) is 7.11 Å². The molecule has 2 heterocycles. The third kappa shape index (κ3) is 3.65. The number of methoxy groups -OCH3 is 1. The molecule has 1 aromatic carbocycles. The van der Waals surface area contributed by atoms with Gasteiger partial charge in [-0.3, -0.25) is 0 Å². The van der Waals surface area contributed by atoms with Crippen molar-refractivity contribution in [2.45, 2.75) is 31.6 Å². The number of aromatic carboxylic acids is 1. The molecule has 1 atom stereocenters. The van der Waals surface area contributed by atoms with Crippen LogP contribution in [0.15, 0.2) is 53.0 Å². The molecule has 2 aromatic heterocycles. The predicted octanol–water partition coefficient (Wildman–Crippen LogP) is 3.51. The van der Waals surface area contributed by atoms with Crippen LogP contribution in [0, 0.1) is 0 Å². The maximum atomic E-state index is 11.1. The number of aromatic amines is 1. The molecule has 5 rings (SSSR count). The fourth-order valence-electron chi connectivity index (χ4n) is 4.40. The Morgan fingerprint density at radius 3 is 2.81 bits per heavy atom. The number of benzene rings is 1. The second-order valence-electron chi connectivity index (χ2n) is 7.81. The molecule has 2 aliphatic carbocycles. The van der Waals surface area contributed by atoms with Crippen molar-refractivity contribution in [3.8, 4) is 11.7 Å². The number of aromatic nitrogens is 1. The molecule has 0 aliphatic heterocycles. The number of rotatable bonds is 6. The van der Waals surface area contributed by atoms with E-state index in [1.165, 1.54) is 28.8 Å². The van der Waals surface area contributed by atoms with E-state index in [0.717, 1.165) is 42.1 Å². The quantitative estimate of drug-likeness (QED) is 0.641. The Bertz CT molecular complexity index is 1280. The largest absolute Gasteiger partial charge is 0.497 e. The lowest BCUT2D eigenvalue weighted by Crippen LogP contribution is -2.23. The van der Waals surface area contributed by atoms with Crippen molar-refractivity contribution in [1.82, 2.24) is 4.98 Å². The number of furan rings is 1. The molecule has 0 bridgehead atoms. The summed E-state index contributed by atoms with van der Waals surface area (Å²) in [5, 5.41) is 11.2. The Morgan fingerprint density at radius 2 is 2.06 bits per heavy atom. The van der Waals surface area contributed by atoms with Crippen molar-refractivity contribution in [2.24, 2.45) is 0 Å². The van der Waals surface area contributed by atoms with Gasteiger partial charge in [0.25, 0.3) is 5.95 Å². The molecule has 1 unspecified atom stereocenters. The Hall–Kier alpha value is -3.67. The van der Waals surface area contributed by atoms with Crippen LogP contribution in [0.3, 0.4) is 0 Å². The van der Waals surface area contributed by atoms with Gasteiger partial charge in [-0.2, -0.15) is 0 Å². The topological polar surface area (TPSA) is 84.7 Å². The normalized spacial score (nSPS) is 16.9. The lowest BCUT2D eigenvalue weighted by Gasteiger charge is -2.20. The first kappa shape index (κ1) is 19.3. The minimum atomic E-state index is -1.12. The standard InChI is InChI=1S/C25H23NO5/c1-29-17-9-6-15(7-10-17)14-16-8-11-20(30-22-13-12-21(31-22)25(27)28)24-23(16)18-4-2-3-5-19(18)26-24/h5-13,16,26H,2-4,14H2,1H3,(H,27,28).